The SMILES string of the molecule is CSCCC(NC(=O)c1ccccc1Br)C(=O)Nc1ccc(Cn2cccn2)cc1. The number of amides is 2. The van der Waals surface area contributed by atoms with Gasteiger partial charge < -0.3 is 10.6 Å². The molecule has 3 rings (SSSR count). The van der Waals surface area contributed by atoms with Crippen LogP contribution in [-0.2, 0) is 11.3 Å². The average molecular weight is 487 g/mol. The first-order valence-corrected chi connectivity index (χ1v) is 11.7. The molecule has 6 nitrogen and oxygen atoms in total. The van der Waals surface area contributed by atoms with Gasteiger partial charge in [-0.15, -0.1) is 0 Å². The van der Waals surface area contributed by atoms with E-state index in [2.05, 4.69) is 31.7 Å². The van der Waals surface area contributed by atoms with E-state index in [-0.39, 0.29) is 11.8 Å². The van der Waals surface area contributed by atoms with Crippen molar-refractivity contribution in [2.45, 2.75) is 19.0 Å². The first-order valence-electron chi connectivity index (χ1n) is 9.48. The predicted octanol–water partition coefficient (Wildman–Crippen LogP) is 4.18. The Morgan fingerprint density at radius 3 is 2.57 bits per heavy atom. The number of halogens is 1. The molecule has 156 valence electrons. The van der Waals surface area contributed by atoms with E-state index in [0.717, 1.165) is 11.3 Å². The lowest BCUT2D eigenvalue weighted by Gasteiger charge is -2.19. The normalized spacial score (nSPS) is 11.7. The standard InChI is InChI=1S/C22H23BrN4O2S/c1-30-14-11-20(26-21(28)18-5-2-3-6-19(18)23)22(29)25-17-9-7-16(8-10-17)15-27-13-4-12-24-27/h2-10,12-13,20H,11,14-15H2,1H3,(H,25,29)(H,26,28). The van der Waals surface area contributed by atoms with Crippen LogP contribution in [0.5, 0.6) is 0 Å². The predicted molar refractivity (Wildman–Crippen MR) is 125 cm³/mol. The Balaban J connectivity index is 1.64. The molecule has 0 saturated heterocycles. The zero-order valence-electron chi connectivity index (χ0n) is 16.5. The maximum Gasteiger partial charge on any atom is 0.253 e. The average Bonchev–Trinajstić information content (AvgIpc) is 3.25. The molecule has 0 radical (unpaired) electrons. The van der Waals surface area contributed by atoms with E-state index in [0.29, 0.717) is 28.7 Å². The molecule has 3 aromatic rings. The topological polar surface area (TPSA) is 76.0 Å². The largest absolute Gasteiger partial charge is 0.340 e. The summed E-state index contributed by atoms with van der Waals surface area (Å²) in [6.07, 6.45) is 6.16. The van der Waals surface area contributed by atoms with E-state index in [1.807, 2.05) is 53.5 Å². The van der Waals surface area contributed by atoms with Gasteiger partial charge in [-0.25, -0.2) is 0 Å². The summed E-state index contributed by atoms with van der Waals surface area (Å²) in [4.78, 5) is 25.5. The van der Waals surface area contributed by atoms with Gasteiger partial charge >= 0.3 is 0 Å². The lowest BCUT2D eigenvalue weighted by atomic mass is 10.1. The molecular formula is C22H23BrN4O2S. The van der Waals surface area contributed by atoms with Crippen LogP contribution in [0, 0.1) is 0 Å². The highest BCUT2D eigenvalue weighted by Crippen LogP contribution is 2.17. The van der Waals surface area contributed by atoms with Gasteiger partial charge in [-0.05, 0) is 70.3 Å². The van der Waals surface area contributed by atoms with E-state index in [1.165, 1.54) is 0 Å². The summed E-state index contributed by atoms with van der Waals surface area (Å²) in [5, 5.41) is 9.97. The molecule has 2 amide bonds. The molecule has 1 heterocycles. The first kappa shape index (κ1) is 22.1. The molecule has 1 atom stereocenters. The van der Waals surface area contributed by atoms with Crippen molar-refractivity contribution in [3.05, 3.63) is 82.6 Å². The quantitative estimate of drug-likeness (QED) is 0.475. The molecule has 2 N–H and O–H groups in total. The zero-order valence-corrected chi connectivity index (χ0v) is 18.9. The Bertz CT molecular complexity index is 977. The van der Waals surface area contributed by atoms with E-state index in [9.17, 15) is 9.59 Å². The smallest absolute Gasteiger partial charge is 0.253 e. The number of aromatic nitrogens is 2. The molecule has 1 unspecified atom stereocenters. The monoisotopic (exact) mass is 486 g/mol. The third kappa shape index (κ3) is 6.21. The lowest BCUT2D eigenvalue weighted by Crippen LogP contribution is -2.44. The van der Waals surface area contributed by atoms with Crippen LogP contribution in [0.2, 0.25) is 0 Å². The molecule has 0 aliphatic rings. The van der Waals surface area contributed by atoms with Gasteiger partial charge in [0.05, 0.1) is 12.1 Å². The maximum atomic E-state index is 12.9. The van der Waals surface area contributed by atoms with Crippen LogP contribution >= 0.6 is 27.7 Å². The Kier molecular flexibility index (Phi) is 8.10. The van der Waals surface area contributed by atoms with Crippen LogP contribution < -0.4 is 10.6 Å². The lowest BCUT2D eigenvalue weighted by molar-refractivity contribution is -0.118. The van der Waals surface area contributed by atoms with E-state index in [4.69, 9.17) is 0 Å². The fourth-order valence-electron chi connectivity index (χ4n) is 2.89. The number of benzene rings is 2. The summed E-state index contributed by atoms with van der Waals surface area (Å²) in [6.45, 7) is 0.666. The van der Waals surface area contributed by atoms with Gasteiger partial charge in [0.25, 0.3) is 5.91 Å². The highest BCUT2D eigenvalue weighted by atomic mass is 79.9. The minimum absolute atomic E-state index is 0.232. The van der Waals surface area contributed by atoms with Crippen molar-refractivity contribution in [1.82, 2.24) is 15.1 Å². The Morgan fingerprint density at radius 2 is 1.90 bits per heavy atom. The summed E-state index contributed by atoms with van der Waals surface area (Å²) in [6, 6.07) is 16.0. The van der Waals surface area contributed by atoms with E-state index < -0.39 is 6.04 Å². The van der Waals surface area contributed by atoms with Gasteiger partial charge in [0.2, 0.25) is 5.91 Å². The van der Waals surface area contributed by atoms with Crippen LogP contribution in [0.15, 0.2) is 71.5 Å². The van der Waals surface area contributed by atoms with Crippen LogP contribution in [0.1, 0.15) is 22.3 Å². The highest BCUT2D eigenvalue weighted by molar-refractivity contribution is 9.10. The van der Waals surface area contributed by atoms with E-state index >= 15 is 0 Å². The second kappa shape index (κ2) is 11.0. The number of thioether (sulfide) groups is 1. The molecule has 0 aliphatic heterocycles. The molecule has 2 aromatic carbocycles. The molecule has 0 fully saturated rings. The second-order valence-corrected chi connectivity index (χ2v) is 8.52. The highest BCUT2D eigenvalue weighted by Gasteiger charge is 2.22. The number of carbonyl (C=O) groups is 2. The maximum absolute atomic E-state index is 12.9. The number of nitrogens with zero attached hydrogens (tertiary/aromatic N) is 2. The molecular weight excluding hydrogens is 464 g/mol. The van der Waals surface area contributed by atoms with Crippen molar-refractivity contribution in [1.29, 1.82) is 0 Å². The third-order valence-corrected chi connectivity index (χ3v) is 5.81. The van der Waals surface area contributed by atoms with Crippen molar-refractivity contribution in [2.24, 2.45) is 0 Å². The van der Waals surface area contributed by atoms with Gasteiger partial charge in [-0.1, -0.05) is 24.3 Å². The van der Waals surface area contributed by atoms with Gasteiger partial charge in [0, 0.05) is 22.6 Å². The fraction of sp³-hybridized carbons (Fsp3) is 0.227. The van der Waals surface area contributed by atoms with Crippen molar-refractivity contribution in [3.63, 3.8) is 0 Å². The first-order chi connectivity index (χ1) is 14.6. The second-order valence-electron chi connectivity index (χ2n) is 6.68. The zero-order chi connectivity index (χ0) is 21.3. The molecule has 0 bridgehead atoms. The molecule has 1 aromatic heterocycles. The van der Waals surface area contributed by atoms with Gasteiger partial charge in [-0.2, -0.15) is 16.9 Å². The molecule has 0 spiro atoms. The van der Waals surface area contributed by atoms with Gasteiger partial charge in [0.15, 0.2) is 0 Å². The molecule has 0 aliphatic carbocycles. The minimum Gasteiger partial charge on any atom is -0.340 e. The number of anilines is 1. The summed E-state index contributed by atoms with van der Waals surface area (Å²) in [5.41, 5.74) is 2.27. The number of nitrogens with one attached hydrogen (secondary N) is 2. The number of rotatable bonds is 9. The fourth-order valence-corrected chi connectivity index (χ4v) is 3.83. The summed E-state index contributed by atoms with van der Waals surface area (Å²) >= 11 is 5.02. The Morgan fingerprint density at radius 1 is 1.13 bits per heavy atom. The molecule has 30 heavy (non-hydrogen) atoms. The summed E-state index contributed by atoms with van der Waals surface area (Å²) in [5.74, 6) is 0.250. The minimum atomic E-state index is -0.624. The number of carbonyl (C=O) groups excluding carboxylic acids is 2. The molecule has 8 heteroatoms. The van der Waals surface area contributed by atoms with Crippen molar-refractivity contribution >= 4 is 45.2 Å². The Hall–Kier alpha value is -2.58. The Labute approximate surface area is 188 Å². The van der Waals surface area contributed by atoms with Gasteiger partial charge in [-0.3, -0.25) is 14.3 Å². The summed E-state index contributed by atoms with van der Waals surface area (Å²) < 4.78 is 2.53. The van der Waals surface area contributed by atoms with Crippen LogP contribution in [0.25, 0.3) is 0 Å². The number of hydrogen-bond donors (Lipinski definition) is 2. The molecule has 0 saturated carbocycles. The van der Waals surface area contributed by atoms with Crippen LogP contribution in [0.3, 0.4) is 0 Å². The van der Waals surface area contributed by atoms with E-state index in [1.54, 1.807) is 36.2 Å². The summed E-state index contributed by atoms with van der Waals surface area (Å²) in [7, 11) is 0. The third-order valence-electron chi connectivity index (χ3n) is 4.48. The van der Waals surface area contributed by atoms with Crippen molar-refractivity contribution in [2.75, 3.05) is 17.3 Å². The van der Waals surface area contributed by atoms with Gasteiger partial charge in [0.1, 0.15) is 6.04 Å². The van der Waals surface area contributed by atoms with Crippen molar-refractivity contribution < 1.29 is 9.59 Å². The van der Waals surface area contributed by atoms with Crippen LogP contribution in [-0.4, -0.2) is 39.6 Å². The van der Waals surface area contributed by atoms with Crippen molar-refractivity contribution in [3.8, 4) is 0 Å². The van der Waals surface area contributed by atoms with Crippen LogP contribution in [0.4, 0.5) is 5.69 Å². The number of hydrogen-bond acceptors (Lipinski definition) is 4.